The highest BCUT2D eigenvalue weighted by Crippen LogP contribution is 2.19. The second-order valence-electron chi connectivity index (χ2n) is 4.34. The van der Waals surface area contributed by atoms with Crippen LogP contribution in [0.5, 0.6) is 0 Å². The van der Waals surface area contributed by atoms with Gasteiger partial charge >= 0.3 is 0 Å². The number of aryl methyl sites for hydroxylation is 1. The van der Waals surface area contributed by atoms with Crippen molar-refractivity contribution >= 4 is 11.6 Å². The average Bonchev–Trinajstić information content (AvgIpc) is 2.75. The first-order valence-corrected chi connectivity index (χ1v) is 6.53. The van der Waals surface area contributed by atoms with Crippen molar-refractivity contribution < 1.29 is 0 Å². The van der Waals surface area contributed by atoms with Crippen molar-refractivity contribution in [2.75, 3.05) is 6.54 Å². The molecule has 4 heteroatoms. The number of aromatic nitrogens is 2. The van der Waals surface area contributed by atoms with E-state index in [0.717, 1.165) is 23.8 Å². The van der Waals surface area contributed by atoms with Crippen LogP contribution in [0.3, 0.4) is 0 Å². The van der Waals surface area contributed by atoms with Crippen molar-refractivity contribution in [1.29, 1.82) is 0 Å². The summed E-state index contributed by atoms with van der Waals surface area (Å²) in [5.74, 6) is 1.05. The summed E-state index contributed by atoms with van der Waals surface area (Å²) in [6, 6.07) is 8.20. The van der Waals surface area contributed by atoms with Crippen LogP contribution in [0, 0.1) is 0 Å². The van der Waals surface area contributed by atoms with Crippen LogP contribution in [0.2, 0.25) is 5.02 Å². The van der Waals surface area contributed by atoms with Crippen LogP contribution in [0.15, 0.2) is 36.7 Å². The first-order chi connectivity index (χ1) is 8.70. The Hall–Kier alpha value is -1.32. The maximum Gasteiger partial charge on any atom is 0.125 e. The summed E-state index contributed by atoms with van der Waals surface area (Å²) in [6.45, 7) is 3.02. The molecule has 0 spiro atoms. The van der Waals surface area contributed by atoms with E-state index in [1.807, 2.05) is 37.6 Å². The second kappa shape index (κ2) is 6.03. The zero-order chi connectivity index (χ0) is 13.0. The molecule has 3 nitrogen and oxygen atoms in total. The number of hydrogen-bond acceptors (Lipinski definition) is 2. The summed E-state index contributed by atoms with van der Waals surface area (Å²) in [4.78, 5) is 4.42. The molecule has 0 aliphatic carbocycles. The maximum atomic E-state index is 6.02. The highest BCUT2D eigenvalue weighted by molar-refractivity contribution is 6.30. The Morgan fingerprint density at radius 1 is 1.44 bits per heavy atom. The van der Waals surface area contributed by atoms with Gasteiger partial charge in [-0.05, 0) is 30.7 Å². The third-order valence-electron chi connectivity index (χ3n) is 2.95. The van der Waals surface area contributed by atoms with Crippen molar-refractivity contribution in [2.24, 2.45) is 7.05 Å². The minimum Gasteiger partial charge on any atom is -0.337 e. The van der Waals surface area contributed by atoms with Gasteiger partial charge in [-0.15, -0.1) is 0 Å². The molecule has 0 bridgehead atoms. The fraction of sp³-hybridized carbons (Fsp3) is 0.357. The normalized spacial score (nSPS) is 12.6. The SMILES string of the molecule is CCNC(Cc1cccc(Cl)c1)c1nccn1C. The molecular weight excluding hydrogens is 246 g/mol. The molecule has 0 aliphatic rings. The molecule has 0 fully saturated rings. The molecule has 2 rings (SSSR count). The molecule has 96 valence electrons. The highest BCUT2D eigenvalue weighted by Gasteiger charge is 2.15. The number of hydrogen-bond donors (Lipinski definition) is 1. The third kappa shape index (κ3) is 3.12. The van der Waals surface area contributed by atoms with Crippen LogP contribution in [0.25, 0.3) is 0 Å². The van der Waals surface area contributed by atoms with Gasteiger partial charge in [0, 0.05) is 24.5 Å². The predicted molar refractivity (Wildman–Crippen MR) is 74.8 cm³/mol. The van der Waals surface area contributed by atoms with Gasteiger partial charge < -0.3 is 9.88 Å². The molecule has 1 atom stereocenters. The largest absolute Gasteiger partial charge is 0.337 e. The van der Waals surface area contributed by atoms with Crippen LogP contribution >= 0.6 is 11.6 Å². The molecule has 0 aliphatic heterocycles. The molecule has 0 amide bonds. The second-order valence-corrected chi connectivity index (χ2v) is 4.78. The number of nitrogens with one attached hydrogen (secondary N) is 1. The van der Waals surface area contributed by atoms with E-state index in [9.17, 15) is 0 Å². The summed E-state index contributed by atoms with van der Waals surface area (Å²) < 4.78 is 2.05. The summed E-state index contributed by atoms with van der Waals surface area (Å²) in [5, 5.41) is 4.25. The van der Waals surface area contributed by atoms with Crippen molar-refractivity contribution in [3.05, 3.63) is 53.1 Å². The number of rotatable bonds is 5. The van der Waals surface area contributed by atoms with Gasteiger partial charge in [0.2, 0.25) is 0 Å². The Balaban J connectivity index is 2.19. The van der Waals surface area contributed by atoms with E-state index in [4.69, 9.17) is 11.6 Å². The Bertz CT molecular complexity index is 507. The fourth-order valence-corrected chi connectivity index (χ4v) is 2.33. The summed E-state index contributed by atoms with van der Waals surface area (Å²) in [7, 11) is 2.02. The zero-order valence-corrected chi connectivity index (χ0v) is 11.5. The maximum absolute atomic E-state index is 6.02. The number of likely N-dealkylation sites (N-methyl/N-ethyl adjacent to an activating group) is 1. The van der Waals surface area contributed by atoms with E-state index >= 15 is 0 Å². The Labute approximate surface area is 113 Å². The molecule has 1 unspecified atom stereocenters. The van der Waals surface area contributed by atoms with Crippen LogP contribution in [-0.4, -0.2) is 16.1 Å². The minimum atomic E-state index is 0.216. The fourth-order valence-electron chi connectivity index (χ4n) is 2.11. The Kier molecular flexibility index (Phi) is 4.39. The van der Waals surface area contributed by atoms with Gasteiger partial charge in [0.05, 0.1) is 6.04 Å². The molecule has 0 radical (unpaired) electrons. The summed E-state index contributed by atoms with van der Waals surface area (Å²) >= 11 is 6.02. The van der Waals surface area contributed by atoms with E-state index in [2.05, 4.69) is 27.9 Å². The molecular formula is C14H18ClN3. The quantitative estimate of drug-likeness (QED) is 0.899. The van der Waals surface area contributed by atoms with Crippen molar-refractivity contribution in [1.82, 2.24) is 14.9 Å². The molecule has 0 saturated heterocycles. The van der Waals surface area contributed by atoms with E-state index < -0.39 is 0 Å². The number of nitrogens with zero attached hydrogens (tertiary/aromatic N) is 2. The summed E-state index contributed by atoms with van der Waals surface area (Å²) in [5.41, 5.74) is 1.22. The average molecular weight is 264 g/mol. The summed E-state index contributed by atoms with van der Waals surface area (Å²) in [6.07, 6.45) is 4.69. The number of imidazole rings is 1. The van der Waals surface area contributed by atoms with Gasteiger partial charge in [-0.2, -0.15) is 0 Å². The lowest BCUT2D eigenvalue weighted by molar-refractivity contribution is 0.506. The number of halogens is 1. The topological polar surface area (TPSA) is 29.9 Å². The van der Waals surface area contributed by atoms with Crippen LogP contribution in [0.1, 0.15) is 24.4 Å². The van der Waals surface area contributed by atoms with Crippen LogP contribution in [0.4, 0.5) is 0 Å². The van der Waals surface area contributed by atoms with Crippen LogP contribution in [-0.2, 0) is 13.5 Å². The van der Waals surface area contributed by atoms with E-state index in [-0.39, 0.29) is 6.04 Å². The lowest BCUT2D eigenvalue weighted by Crippen LogP contribution is -2.25. The molecule has 1 aromatic heterocycles. The van der Waals surface area contributed by atoms with Crippen LogP contribution < -0.4 is 5.32 Å². The Morgan fingerprint density at radius 2 is 2.28 bits per heavy atom. The lowest BCUT2D eigenvalue weighted by atomic mass is 10.1. The smallest absolute Gasteiger partial charge is 0.125 e. The molecule has 18 heavy (non-hydrogen) atoms. The van der Waals surface area contributed by atoms with Gasteiger partial charge in [0.25, 0.3) is 0 Å². The highest BCUT2D eigenvalue weighted by atomic mass is 35.5. The lowest BCUT2D eigenvalue weighted by Gasteiger charge is -2.17. The molecule has 1 N–H and O–H groups in total. The van der Waals surface area contributed by atoms with E-state index in [0.29, 0.717) is 0 Å². The standard InChI is InChI=1S/C14H18ClN3/c1-3-16-13(14-17-7-8-18(14)2)10-11-5-4-6-12(15)9-11/h4-9,13,16H,3,10H2,1-2H3. The van der Waals surface area contributed by atoms with Crippen molar-refractivity contribution in [3.8, 4) is 0 Å². The zero-order valence-electron chi connectivity index (χ0n) is 10.7. The molecule has 1 heterocycles. The first-order valence-electron chi connectivity index (χ1n) is 6.15. The third-order valence-corrected chi connectivity index (χ3v) is 3.18. The first kappa shape index (κ1) is 13.1. The predicted octanol–water partition coefficient (Wildman–Crippen LogP) is 2.97. The molecule has 1 aromatic carbocycles. The van der Waals surface area contributed by atoms with Gasteiger partial charge in [-0.25, -0.2) is 4.98 Å². The minimum absolute atomic E-state index is 0.216. The van der Waals surface area contributed by atoms with Gasteiger partial charge in [0.1, 0.15) is 5.82 Å². The van der Waals surface area contributed by atoms with Gasteiger partial charge in [-0.1, -0.05) is 30.7 Å². The van der Waals surface area contributed by atoms with E-state index in [1.54, 1.807) is 0 Å². The number of benzene rings is 1. The Morgan fingerprint density at radius 3 is 2.89 bits per heavy atom. The van der Waals surface area contributed by atoms with Crippen molar-refractivity contribution in [3.63, 3.8) is 0 Å². The molecule has 0 saturated carbocycles. The van der Waals surface area contributed by atoms with Gasteiger partial charge in [0.15, 0.2) is 0 Å². The van der Waals surface area contributed by atoms with Gasteiger partial charge in [-0.3, -0.25) is 0 Å². The van der Waals surface area contributed by atoms with Crippen molar-refractivity contribution in [2.45, 2.75) is 19.4 Å². The monoisotopic (exact) mass is 263 g/mol. The van der Waals surface area contributed by atoms with E-state index in [1.165, 1.54) is 5.56 Å². The molecule has 2 aromatic rings.